The van der Waals surface area contributed by atoms with Gasteiger partial charge in [0.15, 0.2) is 5.96 Å². The van der Waals surface area contributed by atoms with Gasteiger partial charge in [0.1, 0.15) is 0 Å². The highest BCUT2D eigenvalue weighted by Crippen LogP contribution is 2.07. The highest BCUT2D eigenvalue weighted by Gasteiger charge is 2.08. The Hall–Kier alpha value is -1.31. The van der Waals surface area contributed by atoms with Gasteiger partial charge in [-0.05, 0) is 30.0 Å². The van der Waals surface area contributed by atoms with E-state index in [1.807, 2.05) is 24.3 Å². The van der Waals surface area contributed by atoms with Crippen molar-refractivity contribution in [2.24, 2.45) is 10.9 Å². The van der Waals surface area contributed by atoms with Crippen molar-refractivity contribution in [2.75, 3.05) is 34.2 Å². The first-order chi connectivity index (χ1) is 10.4. The maximum absolute atomic E-state index is 12.0. The predicted molar refractivity (Wildman–Crippen MR) is 108 cm³/mol. The number of nitrogens with one attached hydrogen (secondary N) is 2. The minimum absolute atomic E-state index is 0. The lowest BCUT2D eigenvalue weighted by Crippen LogP contribution is -2.39. The van der Waals surface area contributed by atoms with Gasteiger partial charge in [-0.3, -0.25) is 9.79 Å². The number of guanidine groups is 1. The third-order valence-electron chi connectivity index (χ3n) is 3.19. The topological polar surface area (TPSA) is 56.7 Å². The molecule has 1 aromatic rings. The summed E-state index contributed by atoms with van der Waals surface area (Å²) in [5.41, 5.74) is 1.87. The van der Waals surface area contributed by atoms with Gasteiger partial charge < -0.3 is 15.5 Å². The molecule has 0 aliphatic rings. The van der Waals surface area contributed by atoms with Crippen LogP contribution < -0.4 is 10.6 Å². The van der Waals surface area contributed by atoms with Crippen molar-refractivity contribution < 1.29 is 4.79 Å². The van der Waals surface area contributed by atoms with Gasteiger partial charge in [0, 0.05) is 39.8 Å². The lowest BCUT2D eigenvalue weighted by atomic mass is 10.1. The molecular formula is C17H29IN4O. The van der Waals surface area contributed by atoms with Gasteiger partial charge in [-0.25, -0.2) is 0 Å². The Balaban J connectivity index is 0.00000484. The molecule has 1 amide bonds. The molecule has 0 fully saturated rings. The van der Waals surface area contributed by atoms with Crippen molar-refractivity contribution in [3.05, 3.63) is 35.4 Å². The van der Waals surface area contributed by atoms with Crippen LogP contribution >= 0.6 is 24.0 Å². The normalized spacial score (nSPS) is 11.0. The Morgan fingerprint density at radius 2 is 1.96 bits per heavy atom. The minimum atomic E-state index is 0. The molecule has 5 nitrogen and oxygen atoms in total. The van der Waals surface area contributed by atoms with Crippen LogP contribution in [0, 0.1) is 5.92 Å². The summed E-state index contributed by atoms with van der Waals surface area (Å²) < 4.78 is 0. The van der Waals surface area contributed by atoms with Crippen molar-refractivity contribution in [3.63, 3.8) is 0 Å². The van der Waals surface area contributed by atoms with E-state index in [-0.39, 0.29) is 29.9 Å². The van der Waals surface area contributed by atoms with Crippen molar-refractivity contribution in [3.8, 4) is 0 Å². The van der Waals surface area contributed by atoms with Crippen LogP contribution in [-0.4, -0.2) is 51.0 Å². The fraction of sp³-hybridized carbons (Fsp3) is 0.529. The van der Waals surface area contributed by atoms with E-state index in [2.05, 4.69) is 29.5 Å². The second-order valence-corrected chi connectivity index (χ2v) is 5.92. The van der Waals surface area contributed by atoms with Gasteiger partial charge in [0.05, 0.1) is 0 Å². The fourth-order valence-electron chi connectivity index (χ4n) is 1.96. The Morgan fingerprint density at radius 3 is 2.52 bits per heavy atom. The maximum atomic E-state index is 12.0. The molecule has 0 aromatic heterocycles. The average Bonchev–Trinajstić information content (AvgIpc) is 2.49. The van der Waals surface area contributed by atoms with Crippen LogP contribution in [0.2, 0.25) is 0 Å². The standard InChI is InChI=1S/C17H28N4O.HI/c1-13(2)12-20-17(18-3)19-10-9-14-7-6-8-15(11-14)16(22)21(4)5;/h6-8,11,13H,9-10,12H2,1-5H3,(H2,18,19,20);1H. The second kappa shape index (κ2) is 11.3. The summed E-state index contributed by atoms with van der Waals surface area (Å²) in [5.74, 6) is 1.42. The summed E-state index contributed by atoms with van der Waals surface area (Å²) in [6.45, 7) is 5.99. The summed E-state index contributed by atoms with van der Waals surface area (Å²) in [5, 5.41) is 6.57. The molecule has 23 heavy (non-hydrogen) atoms. The smallest absolute Gasteiger partial charge is 0.253 e. The molecule has 0 saturated carbocycles. The average molecular weight is 432 g/mol. The number of amides is 1. The molecule has 130 valence electrons. The third-order valence-corrected chi connectivity index (χ3v) is 3.19. The number of carbonyl (C=O) groups excluding carboxylic acids is 1. The van der Waals surface area contributed by atoms with Crippen molar-refractivity contribution in [1.82, 2.24) is 15.5 Å². The van der Waals surface area contributed by atoms with Crippen LogP contribution in [0.15, 0.2) is 29.3 Å². The maximum Gasteiger partial charge on any atom is 0.253 e. The van der Waals surface area contributed by atoms with E-state index < -0.39 is 0 Å². The molecule has 0 radical (unpaired) electrons. The molecule has 0 atom stereocenters. The van der Waals surface area contributed by atoms with E-state index in [0.29, 0.717) is 5.92 Å². The molecule has 2 N–H and O–H groups in total. The summed E-state index contributed by atoms with van der Waals surface area (Å²) in [6, 6.07) is 7.77. The Kier molecular flexibility index (Phi) is 10.6. The van der Waals surface area contributed by atoms with E-state index >= 15 is 0 Å². The summed E-state index contributed by atoms with van der Waals surface area (Å²) in [4.78, 5) is 17.7. The van der Waals surface area contributed by atoms with E-state index in [1.54, 1.807) is 26.0 Å². The van der Waals surface area contributed by atoms with E-state index in [0.717, 1.165) is 36.6 Å². The van der Waals surface area contributed by atoms with E-state index in [9.17, 15) is 4.79 Å². The molecule has 0 unspecified atom stereocenters. The van der Waals surface area contributed by atoms with Crippen molar-refractivity contribution in [1.29, 1.82) is 0 Å². The molecule has 1 rings (SSSR count). The molecule has 0 saturated heterocycles. The molecule has 0 aliphatic carbocycles. The number of hydrogen-bond donors (Lipinski definition) is 2. The zero-order chi connectivity index (χ0) is 16.5. The zero-order valence-electron chi connectivity index (χ0n) is 14.7. The van der Waals surface area contributed by atoms with Crippen LogP contribution in [0.3, 0.4) is 0 Å². The molecule has 1 aromatic carbocycles. The number of benzene rings is 1. The molecular weight excluding hydrogens is 403 g/mol. The van der Waals surface area contributed by atoms with Crippen LogP contribution in [0.25, 0.3) is 0 Å². The first-order valence-corrected chi connectivity index (χ1v) is 7.69. The number of rotatable bonds is 6. The number of carbonyl (C=O) groups is 1. The highest BCUT2D eigenvalue weighted by atomic mass is 127. The van der Waals surface area contributed by atoms with E-state index in [4.69, 9.17) is 0 Å². The summed E-state index contributed by atoms with van der Waals surface area (Å²) in [6.07, 6.45) is 0.844. The predicted octanol–water partition coefficient (Wildman–Crippen LogP) is 2.37. The molecule has 0 spiro atoms. The number of hydrogen-bond acceptors (Lipinski definition) is 2. The molecule has 0 heterocycles. The Bertz CT molecular complexity index is 515. The fourth-order valence-corrected chi connectivity index (χ4v) is 1.96. The summed E-state index contributed by atoms with van der Waals surface area (Å²) in [7, 11) is 5.30. The third kappa shape index (κ3) is 8.20. The lowest BCUT2D eigenvalue weighted by Gasteiger charge is -2.14. The van der Waals surface area contributed by atoms with Crippen LogP contribution in [-0.2, 0) is 6.42 Å². The zero-order valence-corrected chi connectivity index (χ0v) is 17.0. The van der Waals surface area contributed by atoms with Gasteiger partial charge in [-0.15, -0.1) is 24.0 Å². The van der Waals surface area contributed by atoms with Crippen molar-refractivity contribution in [2.45, 2.75) is 20.3 Å². The Morgan fingerprint density at radius 1 is 1.26 bits per heavy atom. The van der Waals surface area contributed by atoms with Gasteiger partial charge in [-0.2, -0.15) is 0 Å². The largest absolute Gasteiger partial charge is 0.356 e. The van der Waals surface area contributed by atoms with Crippen LogP contribution in [0.5, 0.6) is 0 Å². The minimum Gasteiger partial charge on any atom is -0.356 e. The van der Waals surface area contributed by atoms with Crippen LogP contribution in [0.1, 0.15) is 29.8 Å². The van der Waals surface area contributed by atoms with E-state index in [1.165, 1.54) is 0 Å². The van der Waals surface area contributed by atoms with Gasteiger partial charge in [0.25, 0.3) is 5.91 Å². The monoisotopic (exact) mass is 432 g/mol. The number of nitrogens with zero attached hydrogens (tertiary/aromatic N) is 2. The SMILES string of the molecule is CN=C(NCCc1cccc(C(=O)N(C)C)c1)NCC(C)C.I. The number of aliphatic imine (C=N–C) groups is 1. The first kappa shape index (κ1) is 21.7. The van der Waals surface area contributed by atoms with Gasteiger partial charge in [0.2, 0.25) is 0 Å². The highest BCUT2D eigenvalue weighted by molar-refractivity contribution is 14.0. The quantitative estimate of drug-likeness (QED) is 0.412. The van der Waals surface area contributed by atoms with Crippen LogP contribution in [0.4, 0.5) is 0 Å². The Labute approximate surface area is 157 Å². The lowest BCUT2D eigenvalue weighted by molar-refractivity contribution is 0.0827. The molecule has 0 aliphatic heterocycles. The number of halogens is 1. The second-order valence-electron chi connectivity index (χ2n) is 5.92. The molecule has 6 heteroatoms. The van der Waals surface area contributed by atoms with Gasteiger partial charge in [-0.1, -0.05) is 26.0 Å². The van der Waals surface area contributed by atoms with Crippen molar-refractivity contribution >= 4 is 35.8 Å². The van der Waals surface area contributed by atoms with Gasteiger partial charge >= 0.3 is 0 Å². The first-order valence-electron chi connectivity index (χ1n) is 7.69. The summed E-state index contributed by atoms with van der Waals surface area (Å²) >= 11 is 0. The molecule has 0 bridgehead atoms.